The van der Waals surface area contributed by atoms with Crippen molar-refractivity contribution in [1.82, 2.24) is 0 Å². The smallest absolute Gasteiger partial charge is 0.339 e. The van der Waals surface area contributed by atoms with Gasteiger partial charge in [-0.3, -0.25) is 4.99 Å². The van der Waals surface area contributed by atoms with Crippen LogP contribution in [0.5, 0.6) is 5.75 Å². The van der Waals surface area contributed by atoms with Crippen LogP contribution in [0.25, 0.3) is 0 Å². The van der Waals surface area contributed by atoms with Gasteiger partial charge in [-0.15, -0.1) is 0 Å². The Kier molecular flexibility index (Phi) is 4.72. The Hall–Kier alpha value is -2.62. The first-order valence-corrected chi connectivity index (χ1v) is 6.68. The first kappa shape index (κ1) is 14.8. The van der Waals surface area contributed by atoms with Crippen LogP contribution in [0.3, 0.4) is 0 Å². The van der Waals surface area contributed by atoms with Gasteiger partial charge < -0.3 is 9.84 Å². The maximum atomic E-state index is 11.2. The second-order valence-electron chi connectivity index (χ2n) is 4.54. The van der Waals surface area contributed by atoms with Crippen molar-refractivity contribution >= 4 is 17.9 Å². The SMILES string of the molecule is CCc1ccc(N=Cc2ccc(OC)c(C(=O)O)c2)cc1. The number of benzene rings is 2. The molecule has 2 rings (SSSR count). The van der Waals surface area contributed by atoms with Crippen molar-refractivity contribution in [3.8, 4) is 5.75 Å². The van der Waals surface area contributed by atoms with Crippen LogP contribution in [0, 0.1) is 0 Å². The van der Waals surface area contributed by atoms with Crippen LogP contribution in [-0.4, -0.2) is 24.4 Å². The van der Waals surface area contributed by atoms with Gasteiger partial charge in [-0.1, -0.05) is 19.1 Å². The number of carboxylic acids is 1. The van der Waals surface area contributed by atoms with Crippen molar-refractivity contribution in [2.24, 2.45) is 4.99 Å². The number of aromatic carboxylic acids is 1. The lowest BCUT2D eigenvalue weighted by Gasteiger charge is -2.05. The number of aryl methyl sites for hydroxylation is 1. The van der Waals surface area contributed by atoms with Crippen LogP contribution in [0.15, 0.2) is 47.5 Å². The molecule has 2 aromatic rings. The lowest BCUT2D eigenvalue weighted by atomic mass is 10.1. The average Bonchev–Trinajstić information content (AvgIpc) is 2.53. The lowest BCUT2D eigenvalue weighted by molar-refractivity contribution is 0.0693. The third kappa shape index (κ3) is 3.69. The molecule has 4 heteroatoms. The Labute approximate surface area is 123 Å². The molecule has 0 fully saturated rings. The van der Waals surface area contributed by atoms with Crippen molar-refractivity contribution < 1.29 is 14.6 Å². The van der Waals surface area contributed by atoms with E-state index < -0.39 is 5.97 Å². The molecule has 0 amide bonds. The van der Waals surface area contributed by atoms with Crippen LogP contribution in [-0.2, 0) is 6.42 Å². The van der Waals surface area contributed by atoms with E-state index in [4.69, 9.17) is 9.84 Å². The van der Waals surface area contributed by atoms with E-state index in [0.29, 0.717) is 11.3 Å². The maximum absolute atomic E-state index is 11.2. The number of hydrogen-bond acceptors (Lipinski definition) is 3. The molecule has 0 aliphatic carbocycles. The normalized spacial score (nSPS) is 10.8. The largest absolute Gasteiger partial charge is 0.496 e. The maximum Gasteiger partial charge on any atom is 0.339 e. The Morgan fingerprint density at radius 2 is 1.95 bits per heavy atom. The number of hydrogen-bond donors (Lipinski definition) is 1. The summed E-state index contributed by atoms with van der Waals surface area (Å²) in [4.78, 5) is 15.5. The molecule has 0 unspecified atom stereocenters. The number of carboxylic acid groups (broad SMARTS) is 1. The molecular formula is C17H17NO3. The van der Waals surface area contributed by atoms with Gasteiger partial charge in [-0.25, -0.2) is 4.79 Å². The predicted molar refractivity (Wildman–Crippen MR) is 83.0 cm³/mol. The molecule has 0 saturated carbocycles. The zero-order valence-electron chi connectivity index (χ0n) is 12.0. The molecule has 0 spiro atoms. The van der Waals surface area contributed by atoms with Gasteiger partial charge in [-0.2, -0.15) is 0 Å². The molecule has 0 bridgehead atoms. The molecule has 21 heavy (non-hydrogen) atoms. The molecule has 0 radical (unpaired) electrons. The summed E-state index contributed by atoms with van der Waals surface area (Å²) in [5.41, 5.74) is 2.93. The van der Waals surface area contributed by atoms with Crippen LogP contribution in [0.2, 0.25) is 0 Å². The van der Waals surface area contributed by atoms with E-state index >= 15 is 0 Å². The zero-order chi connectivity index (χ0) is 15.2. The molecule has 108 valence electrons. The first-order chi connectivity index (χ1) is 10.1. The van der Waals surface area contributed by atoms with E-state index in [-0.39, 0.29) is 5.56 Å². The number of methoxy groups -OCH3 is 1. The number of rotatable bonds is 5. The van der Waals surface area contributed by atoms with Crippen LogP contribution >= 0.6 is 0 Å². The monoisotopic (exact) mass is 283 g/mol. The van der Waals surface area contributed by atoms with E-state index in [1.807, 2.05) is 24.3 Å². The van der Waals surface area contributed by atoms with Crippen molar-refractivity contribution in [3.05, 3.63) is 59.2 Å². The van der Waals surface area contributed by atoms with Gasteiger partial charge in [0, 0.05) is 6.21 Å². The lowest BCUT2D eigenvalue weighted by Crippen LogP contribution is -2.01. The quantitative estimate of drug-likeness (QED) is 0.851. The summed E-state index contributed by atoms with van der Waals surface area (Å²) in [6.45, 7) is 2.10. The van der Waals surface area contributed by atoms with Gasteiger partial charge in [0.15, 0.2) is 0 Å². The topological polar surface area (TPSA) is 58.9 Å². The number of carbonyl (C=O) groups is 1. The minimum Gasteiger partial charge on any atom is -0.496 e. The summed E-state index contributed by atoms with van der Waals surface area (Å²) in [7, 11) is 1.45. The highest BCUT2D eigenvalue weighted by atomic mass is 16.5. The molecule has 0 aliphatic rings. The number of aliphatic imine (C=N–C) groups is 1. The fourth-order valence-electron chi connectivity index (χ4n) is 1.94. The predicted octanol–water partition coefficient (Wildman–Crippen LogP) is 3.71. The molecule has 1 N–H and O–H groups in total. The summed E-state index contributed by atoms with van der Waals surface area (Å²) in [5, 5.41) is 9.14. The molecule has 4 nitrogen and oxygen atoms in total. The first-order valence-electron chi connectivity index (χ1n) is 6.68. The van der Waals surface area contributed by atoms with E-state index in [2.05, 4.69) is 11.9 Å². The van der Waals surface area contributed by atoms with Crippen molar-refractivity contribution in [3.63, 3.8) is 0 Å². The second kappa shape index (κ2) is 6.70. The van der Waals surface area contributed by atoms with Gasteiger partial charge in [-0.05, 0) is 47.9 Å². The number of nitrogens with zero attached hydrogens (tertiary/aromatic N) is 1. The highest BCUT2D eigenvalue weighted by molar-refractivity contribution is 5.94. The van der Waals surface area contributed by atoms with Crippen LogP contribution in [0.1, 0.15) is 28.4 Å². The minimum atomic E-state index is -1.02. The van der Waals surface area contributed by atoms with Crippen LogP contribution < -0.4 is 4.74 Å². The molecule has 0 aromatic heterocycles. The molecule has 0 atom stereocenters. The molecule has 0 heterocycles. The van der Waals surface area contributed by atoms with E-state index in [0.717, 1.165) is 12.1 Å². The Morgan fingerprint density at radius 3 is 2.52 bits per heavy atom. The van der Waals surface area contributed by atoms with Crippen molar-refractivity contribution in [2.45, 2.75) is 13.3 Å². The standard InChI is InChI=1S/C17H17NO3/c1-3-12-4-7-14(8-5-12)18-11-13-6-9-16(21-2)15(10-13)17(19)20/h4-11H,3H2,1-2H3,(H,19,20). The highest BCUT2D eigenvalue weighted by Gasteiger charge is 2.10. The third-order valence-corrected chi connectivity index (χ3v) is 3.16. The summed E-state index contributed by atoms with van der Waals surface area (Å²) in [6, 6.07) is 12.9. The Bertz CT molecular complexity index is 660. The van der Waals surface area contributed by atoms with Crippen molar-refractivity contribution in [2.75, 3.05) is 7.11 Å². The van der Waals surface area contributed by atoms with Gasteiger partial charge in [0.1, 0.15) is 11.3 Å². The molecule has 0 aliphatic heterocycles. The Morgan fingerprint density at radius 1 is 1.24 bits per heavy atom. The summed E-state index contributed by atoms with van der Waals surface area (Å²) < 4.78 is 5.02. The summed E-state index contributed by atoms with van der Waals surface area (Å²) >= 11 is 0. The molecule has 0 saturated heterocycles. The third-order valence-electron chi connectivity index (χ3n) is 3.16. The molecule has 2 aromatic carbocycles. The fraction of sp³-hybridized carbons (Fsp3) is 0.176. The van der Waals surface area contributed by atoms with E-state index in [9.17, 15) is 4.79 Å². The minimum absolute atomic E-state index is 0.128. The zero-order valence-corrected chi connectivity index (χ0v) is 12.0. The molecular weight excluding hydrogens is 266 g/mol. The van der Waals surface area contributed by atoms with E-state index in [1.54, 1.807) is 24.4 Å². The van der Waals surface area contributed by atoms with Gasteiger partial charge >= 0.3 is 5.97 Å². The van der Waals surface area contributed by atoms with Gasteiger partial charge in [0.2, 0.25) is 0 Å². The van der Waals surface area contributed by atoms with Crippen molar-refractivity contribution in [1.29, 1.82) is 0 Å². The van der Waals surface area contributed by atoms with Crippen LogP contribution in [0.4, 0.5) is 5.69 Å². The number of ether oxygens (including phenoxy) is 1. The summed E-state index contributed by atoms with van der Waals surface area (Å²) in [6.07, 6.45) is 2.64. The van der Waals surface area contributed by atoms with Gasteiger partial charge in [0.25, 0.3) is 0 Å². The fourth-order valence-corrected chi connectivity index (χ4v) is 1.94. The summed E-state index contributed by atoms with van der Waals surface area (Å²) in [5.74, 6) is -0.679. The Balaban J connectivity index is 2.23. The van der Waals surface area contributed by atoms with E-state index in [1.165, 1.54) is 12.7 Å². The second-order valence-corrected chi connectivity index (χ2v) is 4.54. The average molecular weight is 283 g/mol. The van der Waals surface area contributed by atoms with Gasteiger partial charge in [0.05, 0.1) is 12.8 Å². The highest BCUT2D eigenvalue weighted by Crippen LogP contribution is 2.20.